The van der Waals surface area contributed by atoms with Gasteiger partial charge in [-0.25, -0.2) is 9.78 Å². The standard InChI is InChI=1S/C35H34N8O4S2/c1-35(2)26-14-23(9-10-25(26)29-27(35)15-24(49-29)13-22(16-36)32(48)45-4)43(3)11-12-46-34(44)38-17-20-5-7-21(8-6-20)18-47-31-28-30(40-19-39-28)41-33(37)42-31/h5-10,13-15,19H,11-12,17-18H2,1-4H3,(H,38,44)(H3,37,39,40,41,42)/b22-13+. The Morgan fingerprint density at radius 2 is 1.94 bits per heavy atom. The van der Waals surface area contributed by atoms with E-state index in [2.05, 4.69) is 74.3 Å². The maximum atomic E-state index is 12.4. The van der Waals surface area contributed by atoms with Crippen LogP contribution in [0.25, 0.3) is 27.7 Å². The molecule has 0 saturated heterocycles. The van der Waals surface area contributed by atoms with Crippen LogP contribution in [0.15, 0.2) is 60.4 Å². The van der Waals surface area contributed by atoms with Gasteiger partial charge in [0.1, 0.15) is 30.4 Å². The van der Waals surface area contributed by atoms with E-state index < -0.39 is 6.09 Å². The molecule has 0 unspecified atom stereocenters. The third-order valence-electron chi connectivity index (χ3n) is 8.36. The molecule has 0 atom stereocenters. The first kappa shape index (κ1) is 33.4. The monoisotopic (exact) mass is 694 g/mol. The van der Waals surface area contributed by atoms with Crippen molar-refractivity contribution in [1.82, 2.24) is 25.3 Å². The highest BCUT2D eigenvalue weighted by atomic mass is 32.1. The Kier molecular flexibility index (Phi) is 9.48. The number of H-pyrrole nitrogens is 1. The number of benzene rings is 2. The number of methoxy groups -OCH3 is 1. The Hall–Kier alpha value is -5.52. The molecular weight excluding hydrogens is 661 g/mol. The first-order chi connectivity index (χ1) is 23.6. The molecule has 3 heterocycles. The quantitative estimate of drug-likeness (QED) is 0.0828. The number of carbonyl (C=O) groups is 1. The fraction of sp³-hybridized carbons (Fsp3) is 0.257. The first-order valence-corrected chi connectivity index (χ1v) is 16.6. The highest BCUT2D eigenvalue weighted by Crippen LogP contribution is 2.53. The summed E-state index contributed by atoms with van der Waals surface area (Å²) in [5, 5.41) is 12.5. The second-order valence-corrected chi connectivity index (χ2v) is 13.4. The second kappa shape index (κ2) is 13.9. The summed E-state index contributed by atoms with van der Waals surface area (Å²) >= 11 is 6.80. The van der Waals surface area contributed by atoms with Crippen LogP contribution in [0.5, 0.6) is 5.88 Å². The molecule has 0 radical (unpaired) electrons. The lowest BCUT2D eigenvalue weighted by Gasteiger charge is -2.24. The van der Waals surface area contributed by atoms with Gasteiger partial charge in [0.15, 0.2) is 5.65 Å². The number of carbonyl (C=O) groups excluding carboxylic acids is 1. The maximum Gasteiger partial charge on any atom is 0.407 e. The minimum atomic E-state index is -0.485. The lowest BCUT2D eigenvalue weighted by atomic mass is 9.82. The van der Waals surface area contributed by atoms with Crippen molar-refractivity contribution in [3.63, 3.8) is 0 Å². The molecular formula is C35H34N8O4S2. The zero-order valence-electron chi connectivity index (χ0n) is 27.4. The Balaban J connectivity index is 0.983. The van der Waals surface area contributed by atoms with E-state index in [-0.39, 0.29) is 29.6 Å². The summed E-state index contributed by atoms with van der Waals surface area (Å²) in [6, 6.07) is 18.3. The van der Waals surface area contributed by atoms with Crippen LogP contribution in [0.2, 0.25) is 0 Å². The molecule has 5 aromatic rings. The summed E-state index contributed by atoms with van der Waals surface area (Å²) in [5.74, 6) is 0.422. The van der Waals surface area contributed by atoms with Crippen molar-refractivity contribution in [2.45, 2.75) is 32.4 Å². The van der Waals surface area contributed by atoms with E-state index in [1.54, 1.807) is 17.4 Å². The number of nitrogens with zero attached hydrogens (tertiary/aromatic N) is 5. The summed E-state index contributed by atoms with van der Waals surface area (Å²) in [7, 11) is 3.45. The number of hydrogen-bond acceptors (Lipinski definition) is 12. The van der Waals surface area contributed by atoms with Crippen LogP contribution in [-0.2, 0) is 28.0 Å². The number of fused-ring (bicyclic) bond motifs is 4. The number of ether oxygens (including phenoxy) is 3. The number of nitrogens with two attached hydrogens (primary N) is 1. The molecule has 49 heavy (non-hydrogen) atoms. The number of imidazole rings is 1. The van der Waals surface area contributed by atoms with Gasteiger partial charge in [0, 0.05) is 34.4 Å². The van der Waals surface area contributed by atoms with Gasteiger partial charge in [0.05, 0.1) is 20.0 Å². The lowest BCUT2D eigenvalue weighted by molar-refractivity contribution is 0.148. The van der Waals surface area contributed by atoms with Crippen LogP contribution in [0, 0.1) is 11.3 Å². The number of anilines is 2. The molecule has 12 nitrogen and oxygen atoms in total. The molecule has 0 spiro atoms. The van der Waals surface area contributed by atoms with Crippen molar-refractivity contribution in [2.24, 2.45) is 0 Å². The van der Waals surface area contributed by atoms with E-state index in [1.165, 1.54) is 35.0 Å². The van der Waals surface area contributed by atoms with Crippen LogP contribution >= 0.6 is 23.6 Å². The molecule has 1 amide bonds. The van der Waals surface area contributed by atoms with Gasteiger partial charge in [0.25, 0.3) is 0 Å². The summed E-state index contributed by atoms with van der Waals surface area (Å²) < 4.78 is 16.4. The SMILES string of the molecule is COC(=S)/C(C#N)=C/c1cc2c(s1)-c1ccc(N(C)CCOC(=O)NCc3ccc(COc4nc(N)nc5nc[nH]c45)cc3)cc1C2(C)C. The number of likely N-dealkylation sites (N-methyl/N-ethyl adjacent to an activating group) is 1. The van der Waals surface area contributed by atoms with Crippen LogP contribution in [-0.4, -0.2) is 58.4 Å². The first-order valence-electron chi connectivity index (χ1n) is 15.4. The molecule has 0 bridgehead atoms. The number of nitrogens with one attached hydrogen (secondary N) is 2. The topological polar surface area (TPSA) is 164 Å². The fourth-order valence-electron chi connectivity index (χ4n) is 5.63. The van der Waals surface area contributed by atoms with Crippen molar-refractivity contribution in [2.75, 3.05) is 37.9 Å². The molecule has 3 aromatic heterocycles. The molecule has 14 heteroatoms. The molecule has 250 valence electrons. The van der Waals surface area contributed by atoms with Crippen LogP contribution in [0.1, 0.15) is 41.0 Å². The predicted octanol–water partition coefficient (Wildman–Crippen LogP) is 6.13. The molecule has 0 fully saturated rings. The molecule has 1 aliphatic carbocycles. The Morgan fingerprint density at radius 1 is 1.16 bits per heavy atom. The molecule has 6 rings (SSSR count). The number of nitrogen functional groups attached to an aromatic ring is 1. The van der Waals surface area contributed by atoms with Crippen molar-refractivity contribution in [3.05, 3.63) is 87.6 Å². The van der Waals surface area contributed by atoms with Gasteiger partial charge >= 0.3 is 6.09 Å². The van der Waals surface area contributed by atoms with E-state index in [0.717, 1.165) is 21.7 Å². The normalized spacial score (nSPS) is 12.9. The highest BCUT2D eigenvalue weighted by molar-refractivity contribution is 7.80. The Labute approximate surface area is 292 Å². The minimum absolute atomic E-state index is 0.0883. The summed E-state index contributed by atoms with van der Waals surface area (Å²) in [6.45, 7) is 5.76. The minimum Gasteiger partial charge on any atom is -0.486 e. The fourth-order valence-corrected chi connectivity index (χ4v) is 7.03. The van der Waals surface area contributed by atoms with Crippen LogP contribution < -0.4 is 20.7 Å². The largest absolute Gasteiger partial charge is 0.486 e. The predicted molar refractivity (Wildman–Crippen MR) is 193 cm³/mol. The maximum absolute atomic E-state index is 12.4. The van der Waals surface area contributed by atoms with E-state index in [9.17, 15) is 10.1 Å². The van der Waals surface area contributed by atoms with E-state index >= 15 is 0 Å². The van der Waals surface area contributed by atoms with Gasteiger partial charge in [-0.3, -0.25) is 0 Å². The Morgan fingerprint density at radius 3 is 2.69 bits per heavy atom. The smallest absolute Gasteiger partial charge is 0.407 e. The molecule has 4 N–H and O–H groups in total. The van der Waals surface area contributed by atoms with Crippen LogP contribution in [0.4, 0.5) is 16.4 Å². The molecule has 0 aliphatic heterocycles. The third kappa shape index (κ3) is 7.03. The van der Waals surface area contributed by atoms with E-state index in [4.69, 9.17) is 32.2 Å². The van der Waals surface area contributed by atoms with Gasteiger partial charge in [0.2, 0.25) is 16.9 Å². The summed E-state index contributed by atoms with van der Waals surface area (Å²) in [4.78, 5) is 31.9. The van der Waals surface area contributed by atoms with Crippen molar-refractivity contribution in [1.29, 1.82) is 5.26 Å². The second-order valence-electron chi connectivity index (χ2n) is 11.9. The van der Waals surface area contributed by atoms with Gasteiger partial charge in [-0.1, -0.05) is 44.2 Å². The van der Waals surface area contributed by atoms with E-state index in [0.29, 0.717) is 35.7 Å². The Bertz CT molecular complexity index is 2110. The van der Waals surface area contributed by atoms with Gasteiger partial charge < -0.3 is 35.1 Å². The summed E-state index contributed by atoms with van der Waals surface area (Å²) in [6.07, 6.45) is 2.81. The average Bonchev–Trinajstić information content (AvgIpc) is 3.80. The highest BCUT2D eigenvalue weighted by Gasteiger charge is 2.37. The van der Waals surface area contributed by atoms with Crippen LogP contribution in [0.3, 0.4) is 0 Å². The number of hydrogen-bond donors (Lipinski definition) is 3. The van der Waals surface area contributed by atoms with Gasteiger partial charge in [-0.2, -0.15) is 15.2 Å². The van der Waals surface area contributed by atoms with Crippen molar-refractivity contribution < 1.29 is 19.0 Å². The average molecular weight is 695 g/mol. The molecule has 2 aromatic carbocycles. The van der Waals surface area contributed by atoms with Gasteiger partial charge in [-0.05, 0) is 64.3 Å². The zero-order valence-corrected chi connectivity index (χ0v) is 29.0. The number of aromatic nitrogens is 4. The third-order valence-corrected chi connectivity index (χ3v) is 9.87. The summed E-state index contributed by atoms with van der Waals surface area (Å²) in [5.41, 5.74) is 13.4. The van der Waals surface area contributed by atoms with Gasteiger partial charge in [-0.15, -0.1) is 11.3 Å². The number of amides is 1. The number of aromatic amines is 1. The van der Waals surface area contributed by atoms with Crippen molar-refractivity contribution >= 4 is 63.6 Å². The zero-order chi connectivity index (χ0) is 34.7. The number of nitriles is 1. The van der Waals surface area contributed by atoms with Crippen molar-refractivity contribution in [3.8, 4) is 22.4 Å². The molecule has 1 aliphatic rings. The number of alkyl carbamates (subject to hydrolysis) is 1. The number of thiocarbonyl (C=S) groups is 1. The number of rotatable bonds is 11. The lowest BCUT2D eigenvalue weighted by Crippen LogP contribution is -2.29. The number of thiophene rings is 1. The van der Waals surface area contributed by atoms with E-state index in [1.807, 2.05) is 31.3 Å². The molecule has 0 saturated carbocycles.